The number of allylic oxidation sites excluding steroid dienone is 2. The zero-order chi connectivity index (χ0) is 12.0. The highest BCUT2D eigenvalue weighted by Crippen LogP contribution is 2.41. The van der Waals surface area contributed by atoms with Crippen LogP contribution in [0.4, 0.5) is 0 Å². The van der Waals surface area contributed by atoms with Crippen molar-refractivity contribution in [1.29, 1.82) is 0 Å². The number of hydrogen-bond acceptors (Lipinski definition) is 2. The van der Waals surface area contributed by atoms with E-state index in [4.69, 9.17) is 9.31 Å². The van der Waals surface area contributed by atoms with Gasteiger partial charge in [-0.15, -0.1) is 0 Å². The number of rotatable bonds is 1. The summed E-state index contributed by atoms with van der Waals surface area (Å²) < 4.78 is 12.2. The summed E-state index contributed by atoms with van der Waals surface area (Å²) in [4.78, 5) is 0. The van der Waals surface area contributed by atoms with Gasteiger partial charge < -0.3 is 9.31 Å². The first-order valence-electron chi connectivity index (χ1n) is 6.38. The van der Waals surface area contributed by atoms with Crippen LogP contribution >= 0.6 is 0 Å². The molecule has 2 rings (SSSR count). The Labute approximate surface area is 99.5 Å². The van der Waals surface area contributed by atoms with Crippen LogP contribution in [0.3, 0.4) is 0 Å². The van der Waals surface area contributed by atoms with Gasteiger partial charge in [-0.05, 0) is 65.8 Å². The molecule has 0 aromatic carbocycles. The summed E-state index contributed by atoms with van der Waals surface area (Å²) in [5.41, 5.74) is 2.46. The summed E-state index contributed by atoms with van der Waals surface area (Å²) in [6, 6.07) is 0. The molecule has 90 valence electrons. The van der Waals surface area contributed by atoms with E-state index in [1.54, 1.807) is 0 Å². The summed E-state index contributed by atoms with van der Waals surface area (Å²) in [5.74, 6) is 0. The molecular weight excluding hydrogens is 199 g/mol. The van der Waals surface area contributed by atoms with Crippen molar-refractivity contribution in [3.05, 3.63) is 11.0 Å². The van der Waals surface area contributed by atoms with Gasteiger partial charge in [0.2, 0.25) is 0 Å². The Bertz CT molecular complexity index is 302. The molecular formula is C13H23BO2. The van der Waals surface area contributed by atoms with Gasteiger partial charge in [-0.1, -0.05) is 5.57 Å². The van der Waals surface area contributed by atoms with Crippen LogP contribution in [-0.4, -0.2) is 18.3 Å². The van der Waals surface area contributed by atoms with E-state index < -0.39 is 0 Å². The van der Waals surface area contributed by atoms with Crippen molar-refractivity contribution in [3.63, 3.8) is 0 Å². The van der Waals surface area contributed by atoms with Crippen molar-refractivity contribution in [2.75, 3.05) is 0 Å². The Morgan fingerprint density at radius 3 is 1.94 bits per heavy atom. The molecule has 0 radical (unpaired) electrons. The molecule has 1 aliphatic carbocycles. The highest BCUT2D eigenvalue weighted by atomic mass is 16.7. The molecule has 0 bridgehead atoms. The van der Waals surface area contributed by atoms with E-state index in [2.05, 4.69) is 34.6 Å². The van der Waals surface area contributed by atoms with Gasteiger partial charge >= 0.3 is 7.12 Å². The van der Waals surface area contributed by atoms with Gasteiger partial charge in [-0.2, -0.15) is 0 Å². The van der Waals surface area contributed by atoms with E-state index in [1.807, 2.05) is 0 Å². The average molecular weight is 222 g/mol. The van der Waals surface area contributed by atoms with Crippen molar-refractivity contribution in [3.8, 4) is 0 Å². The minimum absolute atomic E-state index is 0.106. The molecule has 0 amide bonds. The molecule has 0 atom stereocenters. The van der Waals surface area contributed by atoms with Crippen molar-refractivity contribution in [2.24, 2.45) is 0 Å². The topological polar surface area (TPSA) is 18.5 Å². The van der Waals surface area contributed by atoms with Gasteiger partial charge in [0.25, 0.3) is 0 Å². The van der Waals surface area contributed by atoms with Crippen LogP contribution in [0.15, 0.2) is 11.0 Å². The Kier molecular flexibility index (Phi) is 2.96. The Balaban J connectivity index is 2.20. The summed E-state index contributed by atoms with van der Waals surface area (Å²) >= 11 is 0. The maximum atomic E-state index is 6.09. The maximum Gasteiger partial charge on any atom is 0.490 e. The molecule has 0 aromatic heterocycles. The molecule has 1 fully saturated rings. The monoisotopic (exact) mass is 222 g/mol. The molecule has 0 spiro atoms. The van der Waals surface area contributed by atoms with Crippen molar-refractivity contribution < 1.29 is 9.31 Å². The molecule has 1 saturated heterocycles. The molecule has 1 aliphatic heterocycles. The normalized spacial score (nSPS) is 28.7. The fourth-order valence-corrected chi connectivity index (χ4v) is 2.38. The predicted molar refractivity (Wildman–Crippen MR) is 67.3 cm³/mol. The van der Waals surface area contributed by atoms with Gasteiger partial charge in [0.15, 0.2) is 0 Å². The summed E-state index contributed by atoms with van der Waals surface area (Å²) in [6.07, 6.45) is 4.94. The lowest BCUT2D eigenvalue weighted by Gasteiger charge is -2.32. The molecule has 0 aromatic rings. The molecule has 3 heteroatoms. The summed E-state index contributed by atoms with van der Waals surface area (Å²) in [6.45, 7) is 10.7. The van der Waals surface area contributed by atoms with Crippen LogP contribution in [0.1, 0.15) is 60.3 Å². The van der Waals surface area contributed by atoms with Gasteiger partial charge in [0.1, 0.15) is 0 Å². The molecule has 0 unspecified atom stereocenters. The first-order chi connectivity index (χ1) is 7.33. The van der Waals surface area contributed by atoms with E-state index >= 15 is 0 Å². The second kappa shape index (κ2) is 3.88. The second-order valence-electron chi connectivity index (χ2n) is 6.10. The first-order valence-corrected chi connectivity index (χ1v) is 6.38. The number of hydrogen-bond donors (Lipinski definition) is 0. The summed E-state index contributed by atoms with van der Waals surface area (Å²) in [5, 5.41) is 0. The van der Waals surface area contributed by atoms with Crippen LogP contribution in [0.25, 0.3) is 0 Å². The minimum Gasteiger partial charge on any atom is -0.400 e. The van der Waals surface area contributed by atoms with Gasteiger partial charge in [0, 0.05) is 0 Å². The Morgan fingerprint density at radius 1 is 0.938 bits per heavy atom. The van der Waals surface area contributed by atoms with E-state index in [9.17, 15) is 0 Å². The third kappa shape index (κ3) is 1.95. The highest BCUT2D eigenvalue weighted by molar-refractivity contribution is 6.54. The van der Waals surface area contributed by atoms with Crippen LogP contribution in [0, 0.1) is 0 Å². The smallest absolute Gasteiger partial charge is 0.400 e. The summed E-state index contributed by atoms with van der Waals surface area (Å²) in [7, 11) is -0.106. The van der Waals surface area contributed by atoms with E-state index in [0.717, 1.165) is 6.42 Å². The maximum absolute atomic E-state index is 6.09. The second-order valence-corrected chi connectivity index (χ2v) is 6.10. The molecule has 1 heterocycles. The van der Waals surface area contributed by atoms with Gasteiger partial charge in [-0.25, -0.2) is 0 Å². The Hall–Kier alpha value is -0.275. The fraction of sp³-hybridized carbons (Fsp3) is 0.846. The largest absolute Gasteiger partial charge is 0.490 e. The van der Waals surface area contributed by atoms with Crippen molar-refractivity contribution in [1.82, 2.24) is 0 Å². The molecule has 16 heavy (non-hydrogen) atoms. The zero-order valence-electron chi connectivity index (χ0n) is 11.2. The highest BCUT2D eigenvalue weighted by Gasteiger charge is 2.52. The van der Waals surface area contributed by atoms with Crippen molar-refractivity contribution >= 4 is 7.12 Å². The van der Waals surface area contributed by atoms with Gasteiger partial charge in [0.05, 0.1) is 11.2 Å². The third-order valence-corrected chi connectivity index (χ3v) is 4.33. The predicted octanol–water partition coefficient (Wildman–Crippen LogP) is 3.51. The third-order valence-electron chi connectivity index (χ3n) is 4.33. The van der Waals surface area contributed by atoms with E-state index in [0.29, 0.717) is 0 Å². The molecule has 0 N–H and O–H groups in total. The lowest BCUT2D eigenvalue weighted by atomic mass is 9.70. The van der Waals surface area contributed by atoms with Crippen LogP contribution < -0.4 is 0 Å². The van der Waals surface area contributed by atoms with Crippen molar-refractivity contribution in [2.45, 2.75) is 71.5 Å². The Morgan fingerprint density at radius 2 is 1.44 bits per heavy atom. The lowest BCUT2D eigenvalue weighted by molar-refractivity contribution is 0.00578. The molecule has 0 saturated carbocycles. The van der Waals surface area contributed by atoms with Crippen LogP contribution in [0.5, 0.6) is 0 Å². The standard InChI is InChI=1S/C13H23BO2/c1-10-8-6-7-9-11(10)14-15-12(2,3)13(4,5)16-14/h6-9H2,1-5H3. The first kappa shape index (κ1) is 12.2. The van der Waals surface area contributed by atoms with Gasteiger partial charge in [-0.3, -0.25) is 0 Å². The lowest BCUT2D eigenvalue weighted by Crippen LogP contribution is -2.41. The van der Waals surface area contributed by atoms with E-state index in [-0.39, 0.29) is 18.3 Å². The average Bonchev–Trinajstić information content (AvgIpc) is 2.36. The van der Waals surface area contributed by atoms with Crippen LogP contribution in [0.2, 0.25) is 0 Å². The fourth-order valence-electron chi connectivity index (χ4n) is 2.38. The molecule has 2 nitrogen and oxygen atoms in total. The minimum atomic E-state index is -0.206. The molecule has 2 aliphatic rings. The zero-order valence-corrected chi connectivity index (χ0v) is 11.2. The quantitative estimate of drug-likeness (QED) is 0.632. The SMILES string of the molecule is CC1=C(B2OC(C)(C)C(C)(C)O2)CCCC1. The van der Waals surface area contributed by atoms with Crippen LogP contribution in [-0.2, 0) is 9.31 Å². The van der Waals surface area contributed by atoms with E-state index in [1.165, 1.54) is 30.3 Å².